The summed E-state index contributed by atoms with van der Waals surface area (Å²) in [5, 5.41) is 14.5. The van der Waals surface area contributed by atoms with Crippen LogP contribution in [0.5, 0.6) is 11.5 Å². The van der Waals surface area contributed by atoms with Crippen molar-refractivity contribution in [1.29, 1.82) is 0 Å². The molecule has 3 rings (SSSR count). The number of phenols is 1. The van der Waals surface area contributed by atoms with E-state index in [1.54, 1.807) is 54.6 Å². The Morgan fingerprint density at radius 2 is 1.79 bits per heavy atom. The molecule has 0 saturated heterocycles. The number of benzene rings is 3. The van der Waals surface area contributed by atoms with Crippen LogP contribution in [0.3, 0.4) is 0 Å². The second-order valence-corrected chi connectivity index (χ2v) is 9.38. The highest BCUT2D eigenvalue weighted by molar-refractivity contribution is 7.92. The third-order valence-corrected chi connectivity index (χ3v) is 6.07. The number of para-hydroxylation sites is 1. The molecule has 0 radical (unpaired) electrons. The Bertz CT molecular complexity index is 1260. The van der Waals surface area contributed by atoms with Crippen LogP contribution in [0.25, 0.3) is 0 Å². The molecule has 0 atom stereocenters. The van der Waals surface area contributed by atoms with E-state index >= 15 is 0 Å². The summed E-state index contributed by atoms with van der Waals surface area (Å²) >= 11 is 5.90. The second kappa shape index (κ2) is 10.4. The number of ether oxygens (including phenoxy) is 1. The summed E-state index contributed by atoms with van der Waals surface area (Å²) in [6.45, 7) is 0.121. The molecule has 1 amide bonds. The summed E-state index contributed by atoms with van der Waals surface area (Å²) in [7, 11) is -2.14. The Hall–Kier alpha value is -3.56. The van der Waals surface area contributed by atoms with Crippen molar-refractivity contribution in [3.8, 4) is 11.5 Å². The van der Waals surface area contributed by atoms with E-state index in [4.69, 9.17) is 16.3 Å². The summed E-state index contributed by atoms with van der Waals surface area (Å²) in [5.41, 5.74) is 4.20. The van der Waals surface area contributed by atoms with Gasteiger partial charge >= 0.3 is 0 Å². The molecule has 0 heterocycles. The molecule has 0 unspecified atom stereocenters. The van der Waals surface area contributed by atoms with E-state index in [2.05, 4.69) is 10.5 Å². The van der Waals surface area contributed by atoms with Crippen LogP contribution in [0.1, 0.15) is 21.5 Å². The zero-order valence-corrected chi connectivity index (χ0v) is 19.5. The number of nitrogens with zero attached hydrogens (tertiary/aromatic N) is 2. The van der Waals surface area contributed by atoms with E-state index < -0.39 is 15.9 Å². The minimum Gasteiger partial charge on any atom is -0.504 e. The molecular formula is C23H22ClN3O5S. The van der Waals surface area contributed by atoms with Gasteiger partial charge in [0.25, 0.3) is 5.91 Å². The van der Waals surface area contributed by atoms with E-state index in [-0.39, 0.29) is 23.6 Å². The molecule has 0 bridgehead atoms. The van der Waals surface area contributed by atoms with Gasteiger partial charge in [0, 0.05) is 16.1 Å². The minimum atomic E-state index is -3.57. The summed E-state index contributed by atoms with van der Waals surface area (Å²) in [5.74, 6) is -0.303. The first-order valence-corrected chi connectivity index (χ1v) is 11.9. The van der Waals surface area contributed by atoms with E-state index in [1.165, 1.54) is 29.8 Å². The van der Waals surface area contributed by atoms with Crippen molar-refractivity contribution < 1.29 is 23.1 Å². The first-order valence-electron chi connectivity index (χ1n) is 9.70. The van der Waals surface area contributed by atoms with Gasteiger partial charge in [-0.1, -0.05) is 29.8 Å². The Labute approximate surface area is 197 Å². The first-order chi connectivity index (χ1) is 15.7. The first kappa shape index (κ1) is 24.1. The molecular weight excluding hydrogens is 466 g/mol. The smallest absolute Gasteiger partial charge is 0.271 e. The van der Waals surface area contributed by atoms with Crippen molar-refractivity contribution in [2.75, 3.05) is 17.7 Å². The Kier molecular flexibility index (Phi) is 7.57. The molecule has 2 N–H and O–H groups in total. The zero-order chi connectivity index (χ0) is 24.0. The van der Waals surface area contributed by atoms with Gasteiger partial charge in [0.2, 0.25) is 10.0 Å². The fraction of sp³-hybridized carbons (Fsp3) is 0.130. The van der Waals surface area contributed by atoms with Crippen LogP contribution in [0.2, 0.25) is 5.02 Å². The molecule has 0 spiro atoms. The molecule has 0 aliphatic carbocycles. The quantitative estimate of drug-likeness (QED) is 0.371. The fourth-order valence-corrected chi connectivity index (χ4v) is 3.98. The van der Waals surface area contributed by atoms with E-state index in [0.717, 1.165) is 11.8 Å². The lowest BCUT2D eigenvalue weighted by molar-refractivity contribution is 0.0955. The van der Waals surface area contributed by atoms with Gasteiger partial charge in [-0.05, 0) is 54.1 Å². The maximum atomic E-state index is 12.4. The Balaban J connectivity index is 1.72. The molecule has 0 aliphatic rings. The lowest BCUT2D eigenvalue weighted by Crippen LogP contribution is -2.29. The number of rotatable bonds is 8. The van der Waals surface area contributed by atoms with Crippen LogP contribution in [-0.2, 0) is 16.6 Å². The zero-order valence-electron chi connectivity index (χ0n) is 17.9. The summed E-state index contributed by atoms with van der Waals surface area (Å²) in [6, 6.07) is 17.9. The van der Waals surface area contributed by atoms with Crippen LogP contribution < -0.4 is 14.5 Å². The number of methoxy groups -OCH3 is 1. The maximum Gasteiger partial charge on any atom is 0.271 e. The molecule has 0 aromatic heterocycles. The number of hydrogen-bond acceptors (Lipinski definition) is 6. The SMILES string of the molecule is COc1cccc(/C=N\NC(=O)c2ccc(N(Cc3ccc(Cl)cc3)S(C)(=O)=O)cc2)c1O. The van der Waals surface area contributed by atoms with Crippen molar-refractivity contribution in [2.45, 2.75) is 6.54 Å². The van der Waals surface area contributed by atoms with Crippen LogP contribution in [0.15, 0.2) is 71.8 Å². The number of amides is 1. The third kappa shape index (κ3) is 6.24. The van der Waals surface area contributed by atoms with Crippen molar-refractivity contribution in [2.24, 2.45) is 5.10 Å². The molecule has 10 heteroatoms. The van der Waals surface area contributed by atoms with E-state index in [9.17, 15) is 18.3 Å². The highest BCUT2D eigenvalue weighted by Gasteiger charge is 2.18. The molecule has 0 aliphatic heterocycles. The van der Waals surface area contributed by atoms with Crippen molar-refractivity contribution >= 4 is 39.4 Å². The van der Waals surface area contributed by atoms with Crippen LogP contribution in [0.4, 0.5) is 5.69 Å². The molecule has 0 saturated carbocycles. The van der Waals surface area contributed by atoms with Crippen LogP contribution in [-0.4, -0.2) is 39.0 Å². The van der Waals surface area contributed by atoms with Crippen molar-refractivity contribution in [3.05, 3.63) is 88.4 Å². The van der Waals surface area contributed by atoms with Gasteiger partial charge in [-0.15, -0.1) is 0 Å². The second-order valence-electron chi connectivity index (χ2n) is 7.04. The number of carbonyl (C=O) groups excluding carboxylic acids is 1. The highest BCUT2D eigenvalue weighted by atomic mass is 35.5. The van der Waals surface area contributed by atoms with Gasteiger partial charge in [0.1, 0.15) is 0 Å². The van der Waals surface area contributed by atoms with Crippen molar-refractivity contribution in [3.63, 3.8) is 0 Å². The molecule has 0 fully saturated rings. The predicted octanol–water partition coefficient (Wildman–Crippen LogP) is 3.78. The lowest BCUT2D eigenvalue weighted by atomic mass is 10.2. The Morgan fingerprint density at radius 3 is 2.39 bits per heavy atom. The van der Waals surface area contributed by atoms with Gasteiger partial charge in [0.05, 0.1) is 31.8 Å². The van der Waals surface area contributed by atoms with Crippen molar-refractivity contribution in [1.82, 2.24) is 5.43 Å². The van der Waals surface area contributed by atoms with E-state index in [0.29, 0.717) is 16.3 Å². The van der Waals surface area contributed by atoms with Gasteiger partial charge < -0.3 is 9.84 Å². The number of carbonyl (C=O) groups is 1. The highest BCUT2D eigenvalue weighted by Crippen LogP contribution is 2.28. The molecule has 3 aromatic rings. The van der Waals surface area contributed by atoms with Crippen LogP contribution >= 0.6 is 11.6 Å². The largest absolute Gasteiger partial charge is 0.504 e. The standard InChI is InChI=1S/C23H22ClN3O5S/c1-32-21-5-3-4-18(22(21)28)14-25-26-23(29)17-8-12-20(13-9-17)27(33(2,30)31)15-16-6-10-19(24)11-7-16/h3-14,28H,15H2,1-2H3,(H,26,29)/b25-14-. The number of phenolic OH excluding ortho intramolecular Hbond substituents is 1. The lowest BCUT2D eigenvalue weighted by Gasteiger charge is -2.22. The normalized spacial score (nSPS) is 11.4. The molecule has 33 heavy (non-hydrogen) atoms. The summed E-state index contributed by atoms with van der Waals surface area (Å²) in [6.07, 6.45) is 2.41. The summed E-state index contributed by atoms with van der Waals surface area (Å²) < 4.78 is 31.0. The monoisotopic (exact) mass is 487 g/mol. The van der Waals surface area contributed by atoms with Gasteiger partial charge in [-0.25, -0.2) is 13.8 Å². The Morgan fingerprint density at radius 1 is 1.12 bits per heavy atom. The number of nitrogens with one attached hydrogen (secondary N) is 1. The molecule has 8 nitrogen and oxygen atoms in total. The number of hydrogen-bond donors (Lipinski definition) is 2. The van der Waals surface area contributed by atoms with Gasteiger partial charge in [0.15, 0.2) is 11.5 Å². The maximum absolute atomic E-state index is 12.4. The topological polar surface area (TPSA) is 108 Å². The fourth-order valence-electron chi connectivity index (χ4n) is 2.97. The number of sulfonamides is 1. The van der Waals surface area contributed by atoms with Gasteiger partial charge in [-0.3, -0.25) is 9.10 Å². The number of aromatic hydroxyl groups is 1. The predicted molar refractivity (Wildman–Crippen MR) is 129 cm³/mol. The third-order valence-electron chi connectivity index (χ3n) is 4.68. The number of hydrazone groups is 1. The average molecular weight is 488 g/mol. The molecule has 3 aromatic carbocycles. The molecule has 172 valence electrons. The van der Waals surface area contributed by atoms with Gasteiger partial charge in [-0.2, -0.15) is 5.10 Å². The number of halogens is 1. The van der Waals surface area contributed by atoms with E-state index in [1.807, 2.05) is 0 Å². The summed E-state index contributed by atoms with van der Waals surface area (Å²) in [4.78, 5) is 12.4. The minimum absolute atomic E-state index is 0.0936. The number of anilines is 1. The van der Waals surface area contributed by atoms with Crippen LogP contribution in [0, 0.1) is 0 Å². The average Bonchev–Trinajstić information content (AvgIpc) is 2.79.